The third kappa shape index (κ3) is 4.00. The van der Waals surface area contributed by atoms with Gasteiger partial charge in [-0.25, -0.2) is 12.8 Å². The number of H-pyrrole nitrogens is 1. The van der Waals surface area contributed by atoms with Crippen LogP contribution in [0.1, 0.15) is 13.8 Å². The second-order valence-corrected chi connectivity index (χ2v) is 9.04. The highest BCUT2D eigenvalue weighted by Gasteiger charge is 2.27. The number of benzene rings is 3. The van der Waals surface area contributed by atoms with Crippen molar-refractivity contribution >= 4 is 31.5 Å². The van der Waals surface area contributed by atoms with Crippen molar-refractivity contribution in [1.82, 2.24) is 15.1 Å². The number of hydrogen-bond donors (Lipinski definition) is 1. The molecule has 162 valence electrons. The molecule has 4 aromatic rings. The minimum atomic E-state index is -4.00. The Balaban J connectivity index is 1.76. The van der Waals surface area contributed by atoms with Gasteiger partial charge in [-0.05, 0) is 30.6 Å². The van der Waals surface area contributed by atoms with Crippen molar-refractivity contribution in [2.45, 2.75) is 23.8 Å². The molecule has 1 aromatic heterocycles. The van der Waals surface area contributed by atoms with Crippen LogP contribution in [0.15, 0.2) is 64.5 Å². The second-order valence-electron chi connectivity index (χ2n) is 7.21. The molecule has 3 aromatic carbocycles. The van der Waals surface area contributed by atoms with E-state index in [-0.39, 0.29) is 21.1 Å². The third-order valence-corrected chi connectivity index (χ3v) is 7.18. The number of rotatable bonds is 8. The molecule has 0 radical (unpaired) electrons. The van der Waals surface area contributed by atoms with Gasteiger partial charge >= 0.3 is 0 Å². The van der Waals surface area contributed by atoms with Crippen molar-refractivity contribution in [3.8, 4) is 5.75 Å². The van der Waals surface area contributed by atoms with Gasteiger partial charge in [-0.1, -0.05) is 50.2 Å². The minimum absolute atomic E-state index is 0.132. The Kier molecular flexibility index (Phi) is 5.93. The number of fused-ring (bicyclic) bond motifs is 2. The van der Waals surface area contributed by atoms with Crippen molar-refractivity contribution in [3.63, 3.8) is 0 Å². The first-order valence-corrected chi connectivity index (χ1v) is 11.7. The van der Waals surface area contributed by atoms with Gasteiger partial charge in [0, 0.05) is 23.4 Å². The average Bonchev–Trinajstić information content (AvgIpc) is 3.21. The highest BCUT2D eigenvalue weighted by Crippen LogP contribution is 2.34. The summed E-state index contributed by atoms with van der Waals surface area (Å²) < 4.78 is 47.1. The lowest BCUT2D eigenvalue weighted by molar-refractivity contribution is 0.223. The number of ether oxygens (including phenoxy) is 1. The molecule has 0 unspecified atom stereocenters. The van der Waals surface area contributed by atoms with Crippen LogP contribution in [-0.4, -0.2) is 49.8 Å². The monoisotopic (exact) mass is 441 g/mol. The van der Waals surface area contributed by atoms with E-state index in [0.717, 1.165) is 18.5 Å². The summed E-state index contributed by atoms with van der Waals surface area (Å²) in [5, 5.41) is 8.15. The molecule has 4 rings (SSSR count). The van der Waals surface area contributed by atoms with E-state index >= 15 is 0 Å². The van der Waals surface area contributed by atoms with E-state index in [9.17, 15) is 12.8 Å². The highest BCUT2D eigenvalue weighted by atomic mass is 32.2. The van der Waals surface area contributed by atoms with Crippen LogP contribution >= 0.6 is 0 Å². The molecule has 0 aliphatic carbocycles. The summed E-state index contributed by atoms with van der Waals surface area (Å²) in [6, 6.07) is 14.7. The molecular weight excluding hydrogens is 417 g/mol. The Bertz CT molecular complexity index is 1330. The third-order valence-electron chi connectivity index (χ3n) is 5.42. The number of nitrogens with one attached hydrogen (secondary N) is 1. The summed E-state index contributed by atoms with van der Waals surface area (Å²) in [6.45, 7) is 6.92. The van der Waals surface area contributed by atoms with Gasteiger partial charge in [0.05, 0.1) is 4.90 Å². The Morgan fingerprint density at radius 2 is 1.77 bits per heavy atom. The lowest BCUT2D eigenvalue weighted by Crippen LogP contribution is -2.27. The van der Waals surface area contributed by atoms with E-state index in [1.165, 1.54) is 12.1 Å². The molecule has 0 aliphatic rings. The summed E-state index contributed by atoms with van der Waals surface area (Å²) >= 11 is 0. The second kappa shape index (κ2) is 8.64. The standard InChI is InChI=1S/C23H24FN3O3S/c1-3-27(4-2)12-13-30-20-15-17(24)14-19-22(20)25-26-23(19)31(28,29)21-11-7-9-16-8-5-6-10-18(16)21/h5-11,14-15H,3-4,12-13H2,1-2H3,(H,25,26). The lowest BCUT2D eigenvalue weighted by atomic mass is 10.1. The molecule has 0 amide bonds. The van der Waals surface area contributed by atoms with Crippen molar-refractivity contribution in [2.24, 2.45) is 0 Å². The number of hydrogen-bond acceptors (Lipinski definition) is 5. The number of aromatic amines is 1. The van der Waals surface area contributed by atoms with Crippen LogP contribution in [0.2, 0.25) is 0 Å². The number of sulfone groups is 1. The molecule has 6 nitrogen and oxygen atoms in total. The van der Waals surface area contributed by atoms with E-state index < -0.39 is 15.7 Å². The summed E-state index contributed by atoms with van der Waals surface area (Å²) in [4.78, 5) is 2.31. The lowest BCUT2D eigenvalue weighted by Gasteiger charge is -2.18. The van der Waals surface area contributed by atoms with Crippen LogP contribution < -0.4 is 4.74 Å². The van der Waals surface area contributed by atoms with E-state index in [4.69, 9.17) is 4.74 Å². The van der Waals surface area contributed by atoms with Gasteiger partial charge in [-0.15, -0.1) is 0 Å². The predicted octanol–water partition coefficient (Wildman–Crippen LogP) is 4.41. The molecule has 1 N–H and O–H groups in total. The predicted molar refractivity (Wildman–Crippen MR) is 119 cm³/mol. The SMILES string of the molecule is CCN(CC)CCOc1cc(F)cc2c(S(=O)(=O)c3cccc4ccccc34)n[nH]c12. The van der Waals surface area contributed by atoms with Gasteiger partial charge in [-0.3, -0.25) is 5.10 Å². The molecule has 31 heavy (non-hydrogen) atoms. The van der Waals surface area contributed by atoms with Crippen molar-refractivity contribution < 1.29 is 17.5 Å². The smallest absolute Gasteiger partial charge is 0.226 e. The van der Waals surface area contributed by atoms with E-state index in [1.54, 1.807) is 24.3 Å². The molecule has 0 saturated carbocycles. The van der Waals surface area contributed by atoms with Crippen LogP contribution in [0, 0.1) is 5.82 Å². The fourth-order valence-electron chi connectivity index (χ4n) is 3.71. The number of nitrogens with zero attached hydrogens (tertiary/aromatic N) is 2. The van der Waals surface area contributed by atoms with Gasteiger partial charge in [0.2, 0.25) is 9.84 Å². The molecule has 0 bridgehead atoms. The minimum Gasteiger partial charge on any atom is -0.490 e. The average molecular weight is 442 g/mol. The zero-order valence-electron chi connectivity index (χ0n) is 17.4. The van der Waals surface area contributed by atoms with E-state index in [1.807, 2.05) is 18.2 Å². The summed E-state index contributed by atoms with van der Waals surface area (Å²) in [7, 11) is -4.00. The van der Waals surface area contributed by atoms with E-state index in [2.05, 4.69) is 28.9 Å². The van der Waals surface area contributed by atoms with Crippen LogP contribution in [0.3, 0.4) is 0 Å². The topological polar surface area (TPSA) is 75.3 Å². The van der Waals surface area contributed by atoms with Gasteiger partial charge in [0.1, 0.15) is 23.7 Å². The number of aromatic nitrogens is 2. The van der Waals surface area contributed by atoms with Crippen LogP contribution in [0.4, 0.5) is 4.39 Å². The summed E-state index contributed by atoms with van der Waals surface area (Å²) in [6.07, 6.45) is 0. The van der Waals surface area contributed by atoms with Crippen LogP contribution in [-0.2, 0) is 9.84 Å². The molecule has 0 aliphatic heterocycles. The molecule has 0 fully saturated rings. The first-order chi connectivity index (χ1) is 15.0. The Morgan fingerprint density at radius 1 is 1.03 bits per heavy atom. The zero-order chi connectivity index (χ0) is 22.0. The Morgan fingerprint density at radius 3 is 2.55 bits per heavy atom. The maximum Gasteiger partial charge on any atom is 0.226 e. The van der Waals surface area contributed by atoms with E-state index in [0.29, 0.717) is 24.1 Å². The summed E-state index contributed by atoms with van der Waals surface area (Å²) in [5.41, 5.74) is 0.361. The fraction of sp³-hybridized carbons (Fsp3) is 0.261. The highest BCUT2D eigenvalue weighted by molar-refractivity contribution is 7.91. The zero-order valence-corrected chi connectivity index (χ0v) is 18.2. The van der Waals surface area contributed by atoms with Gasteiger partial charge in [-0.2, -0.15) is 5.10 Å². The maximum absolute atomic E-state index is 14.4. The largest absolute Gasteiger partial charge is 0.490 e. The molecular formula is C23H24FN3O3S. The van der Waals surface area contributed by atoms with Gasteiger partial charge in [0.25, 0.3) is 0 Å². The normalized spacial score (nSPS) is 12.1. The van der Waals surface area contributed by atoms with Gasteiger partial charge in [0.15, 0.2) is 5.03 Å². The molecule has 0 spiro atoms. The number of halogens is 1. The summed E-state index contributed by atoms with van der Waals surface area (Å²) in [5.74, 6) is -0.338. The Labute approximate surface area is 180 Å². The maximum atomic E-state index is 14.4. The van der Waals surface area contributed by atoms with Crippen molar-refractivity contribution in [2.75, 3.05) is 26.2 Å². The number of likely N-dealkylation sites (N-methyl/N-ethyl adjacent to an activating group) is 1. The van der Waals surface area contributed by atoms with Gasteiger partial charge < -0.3 is 9.64 Å². The molecule has 1 heterocycles. The van der Waals surface area contributed by atoms with Crippen molar-refractivity contribution in [3.05, 3.63) is 60.4 Å². The quantitative estimate of drug-likeness (QED) is 0.438. The molecule has 0 atom stereocenters. The first kappa shape index (κ1) is 21.3. The van der Waals surface area contributed by atoms with Crippen LogP contribution in [0.5, 0.6) is 5.75 Å². The van der Waals surface area contributed by atoms with Crippen LogP contribution in [0.25, 0.3) is 21.7 Å². The first-order valence-electron chi connectivity index (χ1n) is 10.2. The molecule has 8 heteroatoms. The molecule has 0 saturated heterocycles. The Hall–Kier alpha value is -2.97. The fourth-order valence-corrected chi connectivity index (χ4v) is 5.27. The van der Waals surface area contributed by atoms with Crippen molar-refractivity contribution in [1.29, 1.82) is 0 Å².